The monoisotopic (exact) mass is 247 g/mol. The van der Waals surface area contributed by atoms with Crippen molar-refractivity contribution in [3.8, 4) is 0 Å². The van der Waals surface area contributed by atoms with Gasteiger partial charge in [-0.2, -0.15) is 0 Å². The largest absolute Gasteiger partial charge is 0.392 e. The number of hydrogen-bond acceptors (Lipinski definition) is 4. The van der Waals surface area contributed by atoms with Crippen LogP contribution in [-0.2, 0) is 9.59 Å². The first-order valence-electron chi connectivity index (χ1n) is 5.58. The van der Waals surface area contributed by atoms with Crippen molar-refractivity contribution in [1.29, 1.82) is 0 Å². The highest BCUT2D eigenvalue weighted by molar-refractivity contribution is 8.13. The molecular formula is C11H21NO3S. The van der Waals surface area contributed by atoms with Crippen LogP contribution in [-0.4, -0.2) is 34.5 Å². The molecule has 0 fully saturated rings. The van der Waals surface area contributed by atoms with Gasteiger partial charge < -0.3 is 10.4 Å². The molecule has 0 aromatic rings. The van der Waals surface area contributed by atoms with E-state index in [1.807, 2.05) is 6.92 Å². The molecule has 0 spiro atoms. The van der Waals surface area contributed by atoms with E-state index in [0.29, 0.717) is 18.7 Å². The molecular weight excluding hydrogens is 226 g/mol. The zero-order valence-corrected chi connectivity index (χ0v) is 11.0. The molecule has 2 N–H and O–H groups in total. The van der Waals surface area contributed by atoms with E-state index < -0.39 is 6.10 Å². The van der Waals surface area contributed by atoms with E-state index in [4.69, 9.17) is 0 Å². The van der Waals surface area contributed by atoms with Crippen LogP contribution in [0.3, 0.4) is 0 Å². The van der Waals surface area contributed by atoms with Crippen molar-refractivity contribution in [2.45, 2.75) is 39.7 Å². The molecule has 2 atom stereocenters. The number of hydrogen-bond donors (Lipinski definition) is 2. The molecule has 0 saturated carbocycles. The highest BCUT2D eigenvalue weighted by Crippen LogP contribution is 2.17. The van der Waals surface area contributed by atoms with Crippen molar-refractivity contribution in [1.82, 2.24) is 5.32 Å². The smallest absolute Gasteiger partial charge is 0.216 e. The second-order valence-corrected chi connectivity index (χ2v) is 4.89. The van der Waals surface area contributed by atoms with Gasteiger partial charge in [-0.15, -0.1) is 0 Å². The van der Waals surface area contributed by atoms with E-state index in [2.05, 4.69) is 5.32 Å². The maximum absolute atomic E-state index is 11.6. The maximum atomic E-state index is 11.6. The fourth-order valence-corrected chi connectivity index (χ4v) is 2.04. The van der Waals surface area contributed by atoms with Crippen LogP contribution in [0, 0.1) is 5.92 Å². The number of carbonyl (C=O) groups is 2. The summed E-state index contributed by atoms with van der Waals surface area (Å²) in [5.41, 5.74) is 0. The number of carbonyl (C=O) groups excluding carboxylic acids is 2. The standard InChI is InChI=1S/C11H21NO3S/c1-4-5-10(14)8(2)11(15)16-7-6-12-9(3)13/h8,10,14H,4-7H2,1-3H3,(H,12,13)/t8-,10+/m1/s1. The molecule has 0 aliphatic rings. The summed E-state index contributed by atoms with van der Waals surface area (Å²) in [6.45, 7) is 5.65. The number of rotatable bonds is 7. The Bertz CT molecular complexity index is 233. The average molecular weight is 247 g/mol. The first-order chi connectivity index (χ1) is 7.49. The van der Waals surface area contributed by atoms with Gasteiger partial charge in [0.2, 0.25) is 5.91 Å². The van der Waals surface area contributed by atoms with Crippen molar-refractivity contribution in [2.24, 2.45) is 5.92 Å². The molecule has 0 saturated heterocycles. The summed E-state index contributed by atoms with van der Waals surface area (Å²) in [5, 5.41) is 12.2. The summed E-state index contributed by atoms with van der Waals surface area (Å²) >= 11 is 1.17. The van der Waals surface area contributed by atoms with Crippen LogP contribution < -0.4 is 5.32 Å². The van der Waals surface area contributed by atoms with E-state index in [-0.39, 0.29) is 16.9 Å². The molecule has 5 heteroatoms. The third kappa shape index (κ3) is 6.85. The van der Waals surface area contributed by atoms with E-state index >= 15 is 0 Å². The second-order valence-electron chi connectivity index (χ2n) is 3.80. The van der Waals surface area contributed by atoms with Crippen LogP contribution in [0.15, 0.2) is 0 Å². The van der Waals surface area contributed by atoms with Crippen molar-refractivity contribution in [3.05, 3.63) is 0 Å². The molecule has 4 nitrogen and oxygen atoms in total. The zero-order valence-electron chi connectivity index (χ0n) is 10.2. The van der Waals surface area contributed by atoms with E-state index in [0.717, 1.165) is 6.42 Å². The minimum absolute atomic E-state index is 0.00805. The topological polar surface area (TPSA) is 66.4 Å². The van der Waals surface area contributed by atoms with Gasteiger partial charge in [0.15, 0.2) is 5.12 Å². The summed E-state index contributed by atoms with van der Waals surface area (Å²) in [4.78, 5) is 22.2. The molecule has 0 rings (SSSR count). The predicted molar refractivity (Wildman–Crippen MR) is 66.2 cm³/mol. The van der Waals surface area contributed by atoms with Gasteiger partial charge in [0.1, 0.15) is 0 Å². The Kier molecular flexibility index (Phi) is 8.29. The molecule has 16 heavy (non-hydrogen) atoms. The van der Waals surface area contributed by atoms with Gasteiger partial charge in [0, 0.05) is 19.2 Å². The maximum Gasteiger partial charge on any atom is 0.216 e. The molecule has 0 aromatic heterocycles. The van der Waals surface area contributed by atoms with Gasteiger partial charge in [-0.25, -0.2) is 0 Å². The fourth-order valence-electron chi connectivity index (χ4n) is 1.21. The van der Waals surface area contributed by atoms with Gasteiger partial charge in [-0.3, -0.25) is 9.59 Å². The Morgan fingerprint density at radius 1 is 1.44 bits per heavy atom. The Balaban J connectivity index is 3.74. The molecule has 0 bridgehead atoms. The summed E-state index contributed by atoms with van der Waals surface area (Å²) < 4.78 is 0. The third-order valence-electron chi connectivity index (χ3n) is 2.25. The Labute approximate surface area is 101 Å². The van der Waals surface area contributed by atoms with Crippen molar-refractivity contribution in [3.63, 3.8) is 0 Å². The van der Waals surface area contributed by atoms with Crippen molar-refractivity contribution >= 4 is 22.8 Å². The van der Waals surface area contributed by atoms with Crippen molar-refractivity contribution in [2.75, 3.05) is 12.3 Å². The molecule has 0 heterocycles. The lowest BCUT2D eigenvalue weighted by Crippen LogP contribution is -2.26. The van der Waals surface area contributed by atoms with E-state index in [1.54, 1.807) is 6.92 Å². The van der Waals surface area contributed by atoms with Gasteiger partial charge in [-0.05, 0) is 6.42 Å². The summed E-state index contributed by atoms with van der Waals surface area (Å²) in [7, 11) is 0. The first kappa shape index (κ1) is 15.4. The minimum Gasteiger partial charge on any atom is -0.392 e. The summed E-state index contributed by atoms with van der Waals surface area (Å²) in [6.07, 6.45) is 0.972. The van der Waals surface area contributed by atoms with Crippen LogP contribution in [0.4, 0.5) is 0 Å². The van der Waals surface area contributed by atoms with Crippen LogP contribution in [0.25, 0.3) is 0 Å². The van der Waals surface area contributed by atoms with Gasteiger partial charge in [-0.1, -0.05) is 32.0 Å². The van der Waals surface area contributed by atoms with E-state index in [9.17, 15) is 14.7 Å². The summed E-state index contributed by atoms with van der Waals surface area (Å²) in [5.74, 6) is 0.135. The van der Waals surface area contributed by atoms with Crippen LogP contribution in [0.5, 0.6) is 0 Å². The Morgan fingerprint density at radius 3 is 2.56 bits per heavy atom. The lowest BCUT2D eigenvalue weighted by molar-refractivity contribution is -0.119. The quantitative estimate of drug-likeness (QED) is 0.663. The predicted octanol–water partition coefficient (Wildman–Crippen LogP) is 1.18. The van der Waals surface area contributed by atoms with Gasteiger partial charge >= 0.3 is 0 Å². The molecule has 0 aliphatic heterocycles. The lowest BCUT2D eigenvalue weighted by Gasteiger charge is -2.16. The summed E-state index contributed by atoms with van der Waals surface area (Å²) in [6, 6.07) is 0. The number of aliphatic hydroxyl groups excluding tert-OH is 1. The Morgan fingerprint density at radius 2 is 2.06 bits per heavy atom. The normalized spacial score (nSPS) is 14.2. The molecule has 0 aromatic carbocycles. The molecule has 0 aliphatic carbocycles. The molecule has 0 unspecified atom stereocenters. The Hall–Kier alpha value is -0.550. The lowest BCUT2D eigenvalue weighted by atomic mass is 10.0. The zero-order chi connectivity index (χ0) is 12.6. The highest BCUT2D eigenvalue weighted by Gasteiger charge is 2.21. The first-order valence-corrected chi connectivity index (χ1v) is 6.56. The average Bonchev–Trinajstić information content (AvgIpc) is 2.23. The molecule has 94 valence electrons. The number of amides is 1. The minimum atomic E-state index is -0.550. The van der Waals surface area contributed by atoms with E-state index in [1.165, 1.54) is 18.7 Å². The number of thioether (sulfide) groups is 1. The SMILES string of the molecule is CCC[C@H](O)[C@@H](C)C(=O)SCCNC(C)=O. The highest BCUT2D eigenvalue weighted by atomic mass is 32.2. The van der Waals surface area contributed by atoms with Crippen LogP contribution in [0.1, 0.15) is 33.6 Å². The van der Waals surface area contributed by atoms with Crippen molar-refractivity contribution < 1.29 is 14.7 Å². The van der Waals surface area contributed by atoms with Crippen LogP contribution in [0.2, 0.25) is 0 Å². The number of aliphatic hydroxyl groups is 1. The molecule has 1 amide bonds. The van der Waals surface area contributed by atoms with Crippen LogP contribution >= 0.6 is 11.8 Å². The number of nitrogens with one attached hydrogen (secondary N) is 1. The third-order valence-corrected chi connectivity index (χ3v) is 3.32. The fraction of sp³-hybridized carbons (Fsp3) is 0.818. The second kappa shape index (κ2) is 8.58. The molecule has 0 radical (unpaired) electrons. The van der Waals surface area contributed by atoms with Gasteiger partial charge in [0.25, 0.3) is 0 Å². The van der Waals surface area contributed by atoms with Gasteiger partial charge in [0.05, 0.1) is 12.0 Å².